The average molecular weight is 344 g/mol. The summed E-state index contributed by atoms with van der Waals surface area (Å²) in [6, 6.07) is 9.05. The van der Waals surface area contributed by atoms with E-state index in [1.54, 1.807) is 38.7 Å². The molecule has 1 aromatic carbocycles. The first-order valence-electron chi connectivity index (χ1n) is 8.03. The van der Waals surface area contributed by atoms with Gasteiger partial charge in [-0.25, -0.2) is 4.99 Å². The molecule has 3 N–H and O–H groups in total. The number of rotatable bonds is 7. The van der Waals surface area contributed by atoms with Gasteiger partial charge in [0, 0.05) is 30.7 Å². The quantitative estimate of drug-likeness (QED) is 0.527. The Labute approximate surface area is 147 Å². The van der Waals surface area contributed by atoms with Crippen LogP contribution in [0.1, 0.15) is 18.6 Å². The maximum absolute atomic E-state index is 10.2. The normalized spacial score (nSPS) is 12.4. The minimum Gasteiger partial charge on any atom is -0.493 e. The lowest BCUT2D eigenvalue weighted by atomic mass is 10.1. The van der Waals surface area contributed by atoms with E-state index in [9.17, 15) is 5.11 Å². The number of nitrogens with one attached hydrogen (secondary N) is 2. The second kappa shape index (κ2) is 9.48. The third kappa shape index (κ3) is 5.36. The zero-order chi connectivity index (χ0) is 18.1. The molecule has 0 amide bonds. The van der Waals surface area contributed by atoms with E-state index in [0.29, 0.717) is 24.0 Å². The van der Waals surface area contributed by atoms with Crippen LogP contribution < -0.4 is 20.1 Å². The van der Waals surface area contributed by atoms with Crippen LogP contribution in [0.25, 0.3) is 0 Å². The van der Waals surface area contributed by atoms with Gasteiger partial charge in [0.15, 0.2) is 17.5 Å². The number of methoxy groups -OCH3 is 2. The van der Waals surface area contributed by atoms with Crippen molar-refractivity contribution >= 4 is 11.6 Å². The van der Waals surface area contributed by atoms with Gasteiger partial charge in [0.1, 0.15) is 0 Å². The van der Waals surface area contributed by atoms with Crippen LogP contribution in [0.2, 0.25) is 0 Å². The van der Waals surface area contributed by atoms with Crippen LogP contribution in [0.15, 0.2) is 47.7 Å². The number of nitrogens with zero attached hydrogens (tertiary/aromatic N) is 2. The Morgan fingerprint density at radius 1 is 1.16 bits per heavy atom. The van der Waals surface area contributed by atoms with Crippen LogP contribution in [-0.4, -0.2) is 43.4 Å². The van der Waals surface area contributed by atoms with Crippen molar-refractivity contribution in [1.82, 2.24) is 10.3 Å². The van der Waals surface area contributed by atoms with E-state index < -0.39 is 6.10 Å². The molecule has 0 saturated carbocycles. The molecule has 0 aliphatic heterocycles. The predicted molar refractivity (Wildman–Crippen MR) is 98.3 cm³/mol. The Hall–Kier alpha value is -2.80. The molecular weight excluding hydrogens is 320 g/mol. The van der Waals surface area contributed by atoms with Crippen LogP contribution in [0.4, 0.5) is 5.69 Å². The molecule has 0 saturated heterocycles. The number of hydrogen-bond donors (Lipinski definition) is 3. The number of aliphatic imine (C=N–C) groups is 1. The highest BCUT2D eigenvalue weighted by Gasteiger charge is 2.09. The van der Waals surface area contributed by atoms with E-state index in [1.165, 1.54) is 0 Å². The summed E-state index contributed by atoms with van der Waals surface area (Å²) < 4.78 is 10.5. The molecule has 25 heavy (non-hydrogen) atoms. The number of aromatic nitrogens is 1. The molecule has 1 atom stereocenters. The van der Waals surface area contributed by atoms with Crippen LogP contribution in [0, 0.1) is 0 Å². The van der Waals surface area contributed by atoms with Crippen molar-refractivity contribution in [1.29, 1.82) is 0 Å². The summed E-state index contributed by atoms with van der Waals surface area (Å²) in [6.07, 6.45) is 2.61. The first kappa shape index (κ1) is 18.5. The van der Waals surface area contributed by atoms with E-state index in [0.717, 1.165) is 11.3 Å². The third-order valence-electron chi connectivity index (χ3n) is 3.50. The van der Waals surface area contributed by atoms with E-state index >= 15 is 0 Å². The maximum atomic E-state index is 10.2. The topological polar surface area (TPSA) is 88.0 Å². The Kier molecular flexibility index (Phi) is 7.03. The van der Waals surface area contributed by atoms with E-state index in [1.807, 2.05) is 25.1 Å². The first-order valence-corrected chi connectivity index (χ1v) is 8.03. The van der Waals surface area contributed by atoms with Gasteiger partial charge in [-0.15, -0.1) is 0 Å². The number of guanidine groups is 1. The van der Waals surface area contributed by atoms with Crippen LogP contribution in [-0.2, 0) is 0 Å². The molecule has 2 aromatic rings. The van der Waals surface area contributed by atoms with Crippen molar-refractivity contribution < 1.29 is 14.6 Å². The first-order chi connectivity index (χ1) is 12.2. The van der Waals surface area contributed by atoms with Crippen molar-refractivity contribution in [2.24, 2.45) is 4.99 Å². The van der Waals surface area contributed by atoms with Gasteiger partial charge in [-0.05, 0) is 36.8 Å². The second-order valence-corrected chi connectivity index (χ2v) is 5.21. The highest BCUT2D eigenvalue weighted by atomic mass is 16.5. The highest BCUT2D eigenvalue weighted by molar-refractivity contribution is 5.93. The number of ether oxygens (including phenoxy) is 2. The smallest absolute Gasteiger partial charge is 0.195 e. The van der Waals surface area contributed by atoms with Gasteiger partial charge < -0.3 is 25.2 Å². The number of pyridine rings is 1. The van der Waals surface area contributed by atoms with E-state index in [4.69, 9.17) is 9.47 Å². The Morgan fingerprint density at radius 3 is 2.52 bits per heavy atom. The molecule has 2 rings (SSSR count). The third-order valence-corrected chi connectivity index (χ3v) is 3.50. The highest BCUT2D eigenvalue weighted by Crippen LogP contribution is 2.29. The molecule has 0 aliphatic carbocycles. The summed E-state index contributed by atoms with van der Waals surface area (Å²) in [6.45, 7) is 2.90. The molecule has 0 radical (unpaired) electrons. The summed E-state index contributed by atoms with van der Waals surface area (Å²) in [7, 11) is 3.18. The molecule has 1 unspecified atom stereocenters. The minimum atomic E-state index is -0.691. The molecule has 0 bridgehead atoms. The Bertz CT molecular complexity index is 692. The number of anilines is 1. The molecule has 7 heteroatoms. The Morgan fingerprint density at radius 2 is 1.88 bits per heavy atom. The maximum Gasteiger partial charge on any atom is 0.195 e. The summed E-state index contributed by atoms with van der Waals surface area (Å²) in [4.78, 5) is 8.38. The van der Waals surface area contributed by atoms with Gasteiger partial charge >= 0.3 is 0 Å². The summed E-state index contributed by atoms with van der Waals surface area (Å²) >= 11 is 0. The summed E-state index contributed by atoms with van der Waals surface area (Å²) in [5, 5.41) is 16.6. The fourth-order valence-corrected chi connectivity index (χ4v) is 2.23. The molecule has 134 valence electrons. The molecule has 7 nitrogen and oxygen atoms in total. The van der Waals surface area contributed by atoms with Gasteiger partial charge in [0.05, 0.1) is 26.9 Å². The van der Waals surface area contributed by atoms with Gasteiger partial charge in [0.2, 0.25) is 0 Å². The molecule has 1 aromatic heterocycles. The number of hydrogen-bond acceptors (Lipinski definition) is 5. The largest absolute Gasteiger partial charge is 0.493 e. The molecule has 0 spiro atoms. The van der Waals surface area contributed by atoms with Crippen molar-refractivity contribution in [3.8, 4) is 11.5 Å². The molecule has 0 aliphatic rings. The minimum absolute atomic E-state index is 0.229. The monoisotopic (exact) mass is 344 g/mol. The predicted octanol–water partition coefficient (Wildman–Crippen LogP) is 2.21. The number of benzene rings is 1. The average Bonchev–Trinajstić information content (AvgIpc) is 2.66. The van der Waals surface area contributed by atoms with Gasteiger partial charge in [0.25, 0.3) is 0 Å². The van der Waals surface area contributed by atoms with Gasteiger partial charge in [-0.1, -0.05) is 0 Å². The molecule has 1 heterocycles. The van der Waals surface area contributed by atoms with Crippen molar-refractivity contribution in [3.05, 3.63) is 48.3 Å². The fourth-order valence-electron chi connectivity index (χ4n) is 2.23. The van der Waals surface area contributed by atoms with Gasteiger partial charge in [-0.3, -0.25) is 4.98 Å². The standard InChI is InChI=1S/C18H24N4O3/c1-4-20-18(21-12-15(23)13-7-9-19-10-8-13)22-14-5-6-16(24-2)17(11-14)25-3/h5-11,15,23H,4,12H2,1-3H3,(H2,20,21,22). The molecule has 0 fully saturated rings. The van der Waals surface area contributed by atoms with E-state index in [2.05, 4.69) is 20.6 Å². The number of aliphatic hydroxyl groups excluding tert-OH is 1. The SMILES string of the molecule is CCNC(=NCC(O)c1ccncc1)Nc1ccc(OC)c(OC)c1. The zero-order valence-electron chi connectivity index (χ0n) is 14.7. The molecular formula is C18H24N4O3. The zero-order valence-corrected chi connectivity index (χ0v) is 14.7. The Balaban J connectivity index is 2.09. The van der Waals surface area contributed by atoms with Crippen LogP contribution in [0.3, 0.4) is 0 Å². The number of aliphatic hydroxyl groups is 1. The second-order valence-electron chi connectivity index (χ2n) is 5.21. The lowest BCUT2D eigenvalue weighted by Crippen LogP contribution is -2.31. The van der Waals surface area contributed by atoms with Gasteiger partial charge in [-0.2, -0.15) is 0 Å². The van der Waals surface area contributed by atoms with Crippen molar-refractivity contribution in [2.75, 3.05) is 32.6 Å². The van der Waals surface area contributed by atoms with Crippen molar-refractivity contribution in [3.63, 3.8) is 0 Å². The van der Waals surface area contributed by atoms with Crippen LogP contribution >= 0.6 is 0 Å². The fraction of sp³-hybridized carbons (Fsp3) is 0.333. The van der Waals surface area contributed by atoms with E-state index in [-0.39, 0.29) is 6.54 Å². The lowest BCUT2D eigenvalue weighted by Gasteiger charge is -2.15. The summed E-state index contributed by atoms with van der Waals surface area (Å²) in [5.74, 6) is 1.85. The lowest BCUT2D eigenvalue weighted by molar-refractivity contribution is 0.187. The van der Waals surface area contributed by atoms with Crippen LogP contribution in [0.5, 0.6) is 11.5 Å². The summed E-state index contributed by atoms with van der Waals surface area (Å²) in [5.41, 5.74) is 1.58. The van der Waals surface area contributed by atoms with Crippen molar-refractivity contribution in [2.45, 2.75) is 13.0 Å².